The molecule has 25 heavy (non-hydrogen) atoms. The minimum Gasteiger partial charge on any atom is -0.317 e. The molecular weight excluding hydrogens is 312 g/mol. The number of fused-ring (bicyclic) bond motifs is 1. The minimum atomic E-state index is 0.388. The van der Waals surface area contributed by atoms with E-state index in [1.54, 1.807) is 0 Å². The highest BCUT2D eigenvalue weighted by Crippen LogP contribution is 2.32. The third-order valence-electron chi connectivity index (χ3n) is 5.60. The van der Waals surface area contributed by atoms with E-state index in [0.29, 0.717) is 6.04 Å². The van der Waals surface area contributed by atoms with Crippen LogP contribution in [-0.4, -0.2) is 45.0 Å². The lowest BCUT2D eigenvalue weighted by Crippen LogP contribution is -2.30. The largest absolute Gasteiger partial charge is 0.317 e. The zero-order chi connectivity index (χ0) is 17.1. The zero-order valence-electron chi connectivity index (χ0n) is 15.1. The van der Waals surface area contributed by atoms with Crippen LogP contribution >= 0.6 is 0 Å². The Labute approximate surface area is 149 Å². The number of piperidine rings is 1. The number of hydrogen-bond acceptors (Lipinski definition) is 5. The first-order valence-electron chi connectivity index (χ1n) is 9.53. The van der Waals surface area contributed by atoms with Crippen LogP contribution in [-0.2, 0) is 19.5 Å². The number of nitrogens with one attached hydrogen (secondary N) is 1. The van der Waals surface area contributed by atoms with E-state index in [1.807, 2.05) is 16.9 Å². The average molecular weight is 340 g/mol. The van der Waals surface area contributed by atoms with Gasteiger partial charge in [-0.25, -0.2) is 0 Å². The van der Waals surface area contributed by atoms with E-state index < -0.39 is 0 Å². The van der Waals surface area contributed by atoms with Crippen molar-refractivity contribution in [2.45, 2.75) is 51.2 Å². The van der Waals surface area contributed by atoms with Gasteiger partial charge in [0.1, 0.15) is 0 Å². The monoisotopic (exact) mass is 340 g/mol. The van der Waals surface area contributed by atoms with Crippen molar-refractivity contribution in [2.24, 2.45) is 5.92 Å². The molecule has 6 heteroatoms. The van der Waals surface area contributed by atoms with Crippen molar-refractivity contribution in [3.63, 3.8) is 0 Å². The molecule has 2 aromatic heterocycles. The van der Waals surface area contributed by atoms with E-state index in [-0.39, 0.29) is 0 Å². The summed E-state index contributed by atoms with van der Waals surface area (Å²) in [6.07, 6.45) is 10.1. The second-order valence-electron chi connectivity index (χ2n) is 7.50. The van der Waals surface area contributed by atoms with Gasteiger partial charge in [0.2, 0.25) is 0 Å². The van der Waals surface area contributed by atoms with E-state index >= 15 is 0 Å². The van der Waals surface area contributed by atoms with Crippen molar-refractivity contribution in [1.29, 1.82) is 0 Å². The maximum Gasteiger partial charge on any atom is 0.0967 e. The third kappa shape index (κ3) is 3.90. The van der Waals surface area contributed by atoms with Gasteiger partial charge < -0.3 is 5.32 Å². The van der Waals surface area contributed by atoms with Crippen LogP contribution in [0.4, 0.5) is 0 Å². The number of aromatic nitrogens is 4. The quantitative estimate of drug-likeness (QED) is 0.904. The summed E-state index contributed by atoms with van der Waals surface area (Å²) in [4.78, 5) is 7.04. The van der Waals surface area contributed by atoms with E-state index in [9.17, 15) is 0 Å². The van der Waals surface area contributed by atoms with Crippen molar-refractivity contribution >= 4 is 0 Å². The van der Waals surface area contributed by atoms with Gasteiger partial charge in [0.25, 0.3) is 0 Å². The molecule has 6 nitrogen and oxygen atoms in total. The lowest BCUT2D eigenvalue weighted by Gasteiger charge is -2.31. The number of aryl methyl sites for hydroxylation is 1. The summed E-state index contributed by atoms with van der Waals surface area (Å²) in [6.45, 7) is 4.07. The molecule has 0 spiro atoms. The van der Waals surface area contributed by atoms with Crippen LogP contribution in [0, 0.1) is 5.92 Å². The Bertz CT molecular complexity index is 691. The highest BCUT2D eigenvalue weighted by Gasteiger charge is 2.25. The van der Waals surface area contributed by atoms with E-state index in [0.717, 1.165) is 44.2 Å². The summed E-state index contributed by atoms with van der Waals surface area (Å²) in [7, 11) is 2.18. The van der Waals surface area contributed by atoms with Gasteiger partial charge in [0, 0.05) is 25.5 Å². The van der Waals surface area contributed by atoms with Crippen molar-refractivity contribution in [3.05, 3.63) is 41.5 Å². The van der Waals surface area contributed by atoms with Crippen LogP contribution < -0.4 is 5.32 Å². The molecule has 1 atom stereocenters. The second-order valence-corrected chi connectivity index (χ2v) is 7.50. The fourth-order valence-electron chi connectivity index (χ4n) is 4.21. The predicted octanol–water partition coefficient (Wildman–Crippen LogP) is 2.18. The summed E-state index contributed by atoms with van der Waals surface area (Å²) >= 11 is 0. The highest BCUT2D eigenvalue weighted by molar-refractivity contribution is 5.25. The molecule has 2 aliphatic rings. The molecule has 1 aliphatic carbocycles. The third-order valence-corrected chi connectivity index (χ3v) is 5.60. The standard InChI is InChI=1S/C19H28N6/c1-24(18-6-2-4-16-5-3-9-21-19(16)18)13-17-14-25(23-22-17)12-15-7-10-20-11-8-15/h3,5,9,14-15,18,20H,2,4,6-8,10-13H2,1H3. The summed E-state index contributed by atoms with van der Waals surface area (Å²) < 4.78 is 2.03. The molecular formula is C19H28N6. The molecule has 4 rings (SSSR count). The summed E-state index contributed by atoms with van der Waals surface area (Å²) in [5.41, 5.74) is 3.71. The summed E-state index contributed by atoms with van der Waals surface area (Å²) in [6, 6.07) is 4.66. The molecule has 1 N–H and O–H groups in total. The molecule has 0 amide bonds. The van der Waals surface area contributed by atoms with E-state index in [4.69, 9.17) is 0 Å². The molecule has 3 heterocycles. The van der Waals surface area contributed by atoms with Crippen LogP contribution in [0.15, 0.2) is 24.5 Å². The molecule has 0 radical (unpaired) electrons. The molecule has 0 saturated carbocycles. The molecule has 1 saturated heterocycles. The second kappa shape index (κ2) is 7.62. The topological polar surface area (TPSA) is 58.9 Å². The van der Waals surface area contributed by atoms with Crippen molar-refractivity contribution in [2.75, 3.05) is 20.1 Å². The molecule has 2 aromatic rings. The van der Waals surface area contributed by atoms with Gasteiger partial charge in [-0.1, -0.05) is 11.3 Å². The first-order chi connectivity index (χ1) is 12.3. The fraction of sp³-hybridized carbons (Fsp3) is 0.632. The average Bonchev–Trinajstić information content (AvgIpc) is 3.09. The van der Waals surface area contributed by atoms with Gasteiger partial charge in [-0.05, 0) is 69.8 Å². The smallest absolute Gasteiger partial charge is 0.0967 e. The van der Waals surface area contributed by atoms with Gasteiger partial charge >= 0.3 is 0 Å². The Hall–Kier alpha value is -1.79. The Morgan fingerprint density at radius 3 is 3.04 bits per heavy atom. The molecule has 1 fully saturated rings. The normalized spacial score (nSPS) is 21.4. The van der Waals surface area contributed by atoms with Crippen LogP contribution in [0.25, 0.3) is 0 Å². The van der Waals surface area contributed by atoms with Crippen LogP contribution in [0.3, 0.4) is 0 Å². The maximum atomic E-state index is 4.66. The van der Waals surface area contributed by atoms with Gasteiger partial charge in [0.15, 0.2) is 0 Å². The number of rotatable bonds is 5. The highest BCUT2D eigenvalue weighted by atomic mass is 15.4. The lowest BCUT2D eigenvalue weighted by atomic mass is 9.91. The zero-order valence-corrected chi connectivity index (χ0v) is 15.1. The Morgan fingerprint density at radius 2 is 2.16 bits per heavy atom. The lowest BCUT2D eigenvalue weighted by molar-refractivity contribution is 0.206. The van der Waals surface area contributed by atoms with Gasteiger partial charge in [-0.15, -0.1) is 5.10 Å². The van der Waals surface area contributed by atoms with Gasteiger partial charge in [-0.3, -0.25) is 14.6 Å². The van der Waals surface area contributed by atoms with Crippen molar-refractivity contribution < 1.29 is 0 Å². The van der Waals surface area contributed by atoms with Crippen LogP contribution in [0.1, 0.15) is 48.7 Å². The molecule has 1 unspecified atom stereocenters. The Kier molecular flexibility index (Phi) is 5.08. The Morgan fingerprint density at radius 1 is 1.28 bits per heavy atom. The van der Waals surface area contributed by atoms with Crippen molar-refractivity contribution in [1.82, 2.24) is 30.2 Å². The van der Waals surface area contributed by atoms with Crippen molar-refractivity contribution in [3.8, 4) is 0 Å². The molecule has 0 aromatic carbocycles. The summed E-state index contributed by atoms with van der Waals surface area (Å²) in [5, 5.41) is 12.2. The van der Waals surface area contributed by atoms with Gasteiger partial charge in [0.05, 0.1) is 17.4 Å². The number of hydrogen-bond donors (Lipinski definition) is 1. The Balaban J connectivity index is 1.39. The maximum absolute atomic E-state index is 4.66. The van der Waals surface area contributed by atoms with Crippen LogP contribution in [0.5, 0.6) is 0 Å². The predicted molar refractivity (Wildman–Crippen MR) is 97.0 cm³/mol. The first kappa shape index (κ1) is 16.7. The summed E-state index contributed by atoms with van der Waals surface area (Å²) in [5.74, 6) is 0.725. The molecule has 134 valence electrons. The van der Waals surface area contributed by atoms with E-state index in [2.05, 4.69) is 44.8 Å². The fourth-order valence-corrected chi connectivity index (χ4v) is 4.21. The SMILES string of the molecule is CN(Cc1cn(CC2CCNCC2)nn1)C1CCCc2cccnc21. The molecule has 1 aliphatic heterocycles. The minimum absolute atomic E-state index is 0.388. The number of pyridine rings is 1. The van der Waals surface area contributed by atoms with E-state index in [1.165, 1.54) is 36.9 Å². The van der Waals surface area contributed by atoms with Gasteiger partial charge in [-0.2, -0.15) is 0 Å². The molecule has 0 bridgehead atoms. The number of nitrogens with zero attached hydrogens (tertiary/aromatic N) is 5. The van der Waals surface area contributed by atoms with Crippen LogP contribution in [0.2, 0.25) is 0 Å². The first-order valence-corrected chi connectivity index (χ1v) is 9.53.